The van der Waals surface area contributed by atoms with Gasteiger partial charge in [0.2, 0.25) is 0 Å². The summed E-state index contributed by atoms with van der Waals surface area (Å²) in [6.45, 7) is 1.49. The van der Waals surface area contributed by atoms with Crippen molar-refractivity contribution in [2.75, 3.05) is 0 Å². The molecular formula is C11H9NO5. The van der Waals surface area contributed by atoms with Crippen LogP contribution in [0.3, 0.4) is 0 Å². The van der Waals surface area contributed by atoms with Gasteiger partial charge < -0.3 is 5.11 Å². The lowest BCUT2D eigenvalue weighted by molar-refractivity contribution is -0.385. The van der Waals surface area contributed by atoms with Crippen molar-refractivity contribution in [3.05, 3.63) is 45.0 Å². The van der Waals surface area contributed by atoms with Crippen LogP contribution in [-0.4, -0.2) is 22.3 Å². The van der Waals surface area contributed by atoms with E-state index in [1.807, 2.05) is 0 Å². The van der Waals surface area contributed by atoms with Crippen LogP contribution in [0.25, 0.3) is 6.08 Å². The standard InChI is InChI=1S/C11H9NO5/c1-7-9(2-3-11(14)15)4-8(6-13)5-10(7)12(16)17/h2-6H,1H3,(H,14,15)/b3-2+. The predicted molar refractivity (Wildman–Crippen MR) is 59.9 cm³/mol. The first-order valence-corrected chi connectivity index (χ1v) is 4.61. The predicted octanol–water partition coefficient (Wildman–Crippen LogP) is 1.81. The van der Waals surface area contributed by atoms with E-state index in [9.17, 15) is 19.7 Å². The number of nitro benzene ring substituents is 1. The lowest BCUT2D eigenvalue weighted by Crippen LogP contribution is -1.97. The molecule has 0 aromatic heterocycles. The number of carbonyl (C=O) groups is 2. The van der Waals surface area contributed by atoms with Gasteiger partial charge >= 0.3 is 5.97 Å². The monoisotopic (exact) mass is 235 g/mol. The summed E-state index contributed by atoms with van der Waals surface area (Å²) >= 11 is 0. The van der Waals surface area contributed by atoms with Crippen LogP contribution in [0.2, 0.25) is 0 Å². The van der Waals surface area contributed by atoms with Gasteiger partial charge in [0.1, 0.15) is 6.29 Å². The molecule has 0 fully saturated rings. The third-order valence-electron chi connectivity index (χ3n) is 2.18. The summed E-state index contributed by atoms with van der Waals surface area (Å²) in [5.74, 6) is -1.16. The third-order valence-corrected chi connectivity index (χ3v) is 2.18. The van der Waals surface area contributed by atoms with Crippen LogP contribution in [-0.2, 0) is 4.79 Å². The molecule has 1 N–H and O–H groups in total. The van der Waals surface area contributed by atoms with Crippen LogP contribution < -0.4 is 0 Å². The molecule has 88 valence electrons. The van der Waals surface area contributed by atoms with Crippen molar-refractivity contribution in [1.82, 2.24) is 0 Å². The summed E-state index contributed by atoms with van der Waals surface area (Å²) in [6.07, 6.45) is 2.56. The van der Waals surface area contributed by atoms with Crippen molar-refractivity contribution in [1.29, 1.82) is 0 Å². The Labute approximate surface area is 96.3 Å². The van der Waals surface area contributed by atoms with E-state index in [2.05, 4.69) is 0 Å². The highest BCUT2D eigenvalue weighted by molar-refractivity contribution is 5.87. The van der Waals surface area contributed by atoms with Gasteiger partial charge in [0, 0.05) is 23.3 Å². The Balaban J connectivity index is 3.38. The summed E-state index contributed by atoms with van der Waals surface area (Å²) in [4.78, 5) is 31.1. The maximum absolute atomic E-state index is 10.7. The number of rotatable bonds is 4. The lowest BCUT2D eigenvalue weighted by atomic mass is 10.0. The van der Waals surface area contributed by atoms with Crippen LogP contribution in [0.1, 0.15) is 21.5 Å². The van der Waals surface area contributed by atoms with Crippen molar-refractivity contribution in [3.63, 3.8) is 0 Å². The number of aldehydes is 1. The Bertz CT molecular complexity index is 519. The first kappa shape index (κ1) is 12.6. The molecular weight excluding hydrogens is 226 g/mol. The van der Waals surface area contributed by atoms with E-state index in [-0.39, 0.29) is 11.3 Å². The van der Waals surface area contributed by atoms with Gasteiger partial charge in [-0.2, -0.15) is 0 Å². The maximum Gasteiger partial charge on any atom is 0.328 e. The molecule has 0 aliphatic carbocycles. The van der Waals surface area contributed by atoms with Crippen molar-refractivity contribution < 1.29 is 19.6 Å². The largest absolute Gasteiger partial charge is 0.478 e. The first-order valence-electron chi connectivity index (χ1n) is 4.61. The maximum atomic E-state index is 10.7. The normalized spacial score (nSPS) is 10.4. The zero-order valence-corrected chi connectivity index (χ0v) is 8.91. The number of hydrogen-bond donors (Lipinski definition) is 1. The summed E-state index contributed by atoms with van der Waals surface area (Å²) < 4.78 is 0. The zero-order valence-electron chi connectivity index (χ0n) is 8.91. The smallest absolute Gasteiger partial charge is 0.328 e. The minimum Gasteiger partial charge on any atom is -0.478 e. The van der Waals surface area contributed by atoms with Gasteiger partial charge in [-0.25, -0.2) is 4.79 Å². The molecule has 1 aromatic rings. The minimum absolute atomic E-state index is 0.132. The number of hydrogen-bond acceptors (Lipinski definition) is 4. The molecule has 6 nitrogen and oxygen atoms in total. The van der Waals surface area contributed by atoms with Crippen LogP contribution in [0.5, 0.6) is 0 Å². The molecule has 17 heavy (non-hydrogen) atoms. The summed E-state index contributed by atoms with van der Waals surface area (Å²) in [5, 5.41) is 19.2. The highest BCUT2D eigenvalue weighted by Crippen LogP contribution is 2.24. The van der Waals surface area contributed by atoms with Gasteiger partial charge in [-0.3, -0.25) is 14.9 Å². The second-order valence-electron chi connectivity index (χ2n) is 3.30. The van der Waals surface area contributed by atoms with E-state index in [0.29, 0.717) is 17.4 Å². The van der Waals surface area contributed by atoms with Gasteiger partial charge in [0.05, 0.1) is 4.92 Å². The number of carboxylic acid groups (broad SMARTS) is 1. The average molecular weight is 235 g/mol. The van der Waals surface area contributed by atoms with Gasteiger partial charge in [0.15, 0.2) is 0 Å². The topological polar surface area (TPSA) is 97.5 Å². The van der Waals surface area contributed by atoms with E-state index in [0.717, 1.165) is 12.1 Å². The SMILES string of the molecule is Cc1c(/C=C/C(=O)O)cc(C=O)cc1[N+](=O)[O-]. The van der Waals surface area contributed by atoms with Crippen LogP contribution in [0.4, 0.5) is 5.69 Å². The van der Waals surface area contributed by atoms with E-state index in [1.165, 1.54) is 19.1 Å². The number of nitro groups is 1. The molecule has 0 heterocycles. The molecule has 0 atom stereocenters. The molecule has 0 saturated heterocycles. The molecule has 0 unspecified atom stereocenters. The summed E-state index contributed by atoms with van der Waals surface area (Å²) in [5.41, 5.74) is 0.578. The lowest BCUT2D eigenvalue weighted by Gasteiger charge is -2.03. The minimum atomic E-state index is -1.16. The van der Waals surface area contributed by atoms with Crippen LogP contribution in [0, 0.1) is 17.0 Å². The molecule has 1 aromatic carbocycles. The molecule has 0 radical (unpaired) electrons. The fraction of sp³-hybridized carbons (Fsp3) is 0.0909. The molecule has 6 heteroatoms. The van der Waals surface area contributed by atoms with Crippen LogP contribution in [0.15, 0.2) is 18.2 Å². The van der Waals surface area contributed by atoms with Gasteiger partial charge in [-0.15, -0.1) is 0 Å². The fourth-order valence-corrected chi connectivity index (χ4v) is 1.34. The second kappa shape index (κ2) is 5.02. The molecule has 0 bridgehead atoms. The number of aliphatic carboxylic acids is 1. The van der Waals surface area contributed by atoms with Crippen molar-refractivity contribution in [2.45, 2.75) is 6.92 Å². The third kappa shape index (κ3) is 2.97. The number of benzene rings is 1. The summed E-state index contributed by atoms with van der Waals surface area (Å²) in [7, 11) is 0. The Kier molecular flexibility index (Phi) is 3.71. The fourth-order valence-electron chi connectivity index (χ4n) is 1.34. The molecule has 0 amide bonds. The molecule has 0 aliphatic heterocycles. The molecule has 0 spiro atoms. The number of carboxylic acids is 1. The van der Waals surface area contributed by atoms with Gasteiger partial charge in [-0.05, 0) is 24.6 Å². The van der Waals surface area contributed by atoms with Crippen molar-refractivity contribution in [2.24, 2.45) is 0 Å². The van der Waals surface area contributed by atoms with E-state index in [4.69, 9.17) is 5.11 Å². The second-order valence-corrected chi connectivity index (χ2v) is 3.30. The summed E-state index contributed by atoms with van der Waals surface area (Å²) in [6, 6.07) is 2.55. The van der Waals surface area contributed by atoms with E-state index >= 15 is 0 Å². The van der Waals surface area contributed by atoms with Gasteiger partial charge in [-0.1, -0.05) is 0 Å². The highest BCUT2D eigenvalue weighted by Gasteiger charge is 2.14. The highest BCUT2D eigenvalue weighted by atomic mass is 16.6. The first-order chi connectivity index (χ1) is 7.95. The molecule has 0 aliphatic rings. The van der Waals surface area contributed by atoms with Crippen molar-refractivity contribution in [3.8, 4) is 0 Å². The molecule has 0 saturated carbocycles. The Morgan fingerprint density at radius 2 is 2.12 bits per heavy atom. The number of nitrogens with zero attached hydrogens (tertiary/aromatic N) is 1. The zero-order chi connectivity index (χ0) is 13.0. The Morgan fingerprint density at radius 1 is 1.47 bits per heavy atom. The molecule has 1 rings (SSSR count). The van der Waals surface area contributed by atoms with Gasteiger partial charge in [0.25, 0.3) is 5.69 Å². The van der Waals surface area contributed by atoms with E-state index in [1.54, 1.807) is 0 Å². The quantitative estimate of drug-likeness (QED) is 0.371. The van der Waals surface area contributed by atoms with E-state index < -0.39 is 10.9 Å². The van der Waals surface area contributed by atoms with Crippen LogP contribution >= 0.6 is 0 Å². The average Bonchev–Trinajstić information content (AvgIpc) is 2.27. The Morgan fingerprint density at radius 3 is 2.59 bits per heavy atom. The van der Waals surface area contributed by atoms with Crippen molar-refractivity contribution >= 4 is 24.0 Å². The number of carbonyl (C=O) groups excluding carboxylic acids is 1. The Hall–Kier alpha value is -2.50.